The van der Waals surface area contributed by atoms with Crippen molar-refractivity contribution >= 4 is 0 Å². The predicted octanol–water partition coefficient (Wildman–Crippen LogP) is 2.77. The SMILES string of the molecule is CC(C)CN(C1CCCC1)C1CCC(N)C1. The van der Waals surface area contributed by atoms with Gasteiger partial charge in [0, 0.05) is 24.7 Å². The van der Waals surface area contributed by atoms with Crippen molar-refractivity contribution in [3.05, 3.63) is 0 Å². The molecule has 0 aromatic carbocycles. The van der Waals surface area contributed by atoms with Crippen molar-refractivity contribution in [2.75, 3.05) is 6.54 Å². The molecule has 2 unspecified atom stereocenters. The number of hydrogen-bond donors (Lipinski definition) is 1. The van der Waals surface area contributed by atoms with Gasteiger partial charge in [0.05, 0.1) is 0 Å². The monoisotopic (exact) mass is 224 g/mol. The Morgan fingerprint density at radius 3 is 2.25 bits per heavy atom. The van der Waals surface area contributed by atoms with Crippen LogP contribution in [0, 0.1) is 5.92 Å². The zero-order valence-electron chi connectivity index (χ0n) is 11.0. The summed E-state index contributed by atoms with van der Waals surface area (Å²) in [4.78, 5) is 2.81. The molecule has 2 nitrogen and oxygen atoms in total. The van der Waals surface area contributed by atoms with E-state index in [4.69, 9.17) is 5.73 Å². The van der Waals surface area contributed by atoms with Gasteiger partial charge in [0.2, 0.25) is 0 Å². The summed E-state index contributed by atoms with van der Waals surface area (Å²) in [6.07, 6.45) is 9.56. The lowest BCUT2D eigenvalue weighted by atomic mass is 10.1. The second kappa shape index (κ2) is 5.50. The van der Waals surface area contributed by atoms with Crippen molar-refractivity contribution in [3.8, 4) is 0 Å². The van der Waals surface area contributed by atoms with Gasteiger partial charge in [0.25, 0.3) is 0 Å². The van der Waals surface area contributed by atoms with Crippen LogP contribution >= 0.6 is 0 Å². The highest BCUT2D eigenvalue weighted by Crippen LogP contribution is 2.31. The molecule has 2 fully saturated rings. The summed E-state index contributed by atoms with van der Waals surface area (Å²) in [5.74, 6) is 0.789. The van der Waals surface area contributed by atoms with Crippen LogP contribution in [-0.2, 0) is 0 Å². The number of rotatable bonds is 4. The van der Waals surface area contributed by atoms with E-state index in [0.717, 1.165) is 18.0 Å². The fourth-order valence-electron chi connectivity index (χ4n) is 3.55. The molecule has 0 aromatic heterocycles. The first-order chi connectivity index (χ1) is 7.66. The highest BCUT2D eigenvalue weighted by molar-refractivity contribution is 4.90. The third-order valence-electron chi connectivity index (χ3n) is 4.28. The summed E-state index contributed by atoms with van der Waals surface area (Å²) in [6.45, 7) is 5.97. The van der Waals surface area contributed by atoms with Gasteiger partial charge >= 0.3 is 0 Å². The van der Waals surface area contributed by atoms with Crippen LogP contribution in [0.25, 0.3) is 0 Å². The molecule has 2 saturated carbocycles. The van der Waals surface area contributed by atoms with E-state index >= 15 is 0 Å². The number of nitrogens with zero attached hydrogens (tertiary/aromatic N) is 1. The molecule has 2 aliphatic carbocycles. The molecule has 94 valence electrons. The highest BCUT2D eigenvalue weighted by atomic mass is 15.2. The third-order valence-corrected chi connectivity index (χ3v) is 4.28. The summed E-state index contributed by atoms with van der Waals surface area (Å²) in [5.41, 5.74) is 6.07. The maximum atomic E-state index is 6.07. The smallest absolute Gasteiger partial charge is 0.0114 e. The lowest BCUT2D eigenvalue weighted by Crippen LogP contribution is -2.43. The molecule has 2 N–H and O–H groups in total. The summed E-state index contributed by atoms with van der Waals surface area (Å²) in [5, 5.41) is 0. The lowest BCUT2D eigenvalue weighted by molar-refractivity contribution is 0.119. The largest absolute Gasteiger partial charge is 0.328 e. The maximum Gasteiger partial charge on any atom is 0.0114 e. The molecule has 0 amide bonds. The molecule has 0 saturated heterocycles. The van der Waals surface area contributed by atoms with Gasteiger partial charge in [-0.2, -0.15) is 0 Å². The molecule has 0 aromatic rings. The van der Waals surface area contributed by atoms with Crippen molar-refractivity contribution < 1.29 is 0 Å². The zero-order chi connectivity index (χ0) is 11.5. The molecule has 16 heavy (non-hydrogen) atoms. The first-order valence-electron chi connectivity index (χ1n) is 7.18. The van der Waals surface area contributed by atoms with Crippen molar-refractivity contribution in [3.63, 3.8) is 0 Å². The molecule has 2 aliphatic rings. The molecule has 0 bridgehead atoms. The second-order valence-corrected chi connectivity index (χ2v) is 6.26. The van der Waals surface area contributed by atoms with Crippen molar-refractivity contribution in [1.82, 2.24) is 4.90 Å². The minimum Gasteiger partial charge on any atom is -0.328 e. The van der Waals surface area contributed by atoms with Crippen LogP contribution in [0.3, 0.4) is 0 Å². The van der Waals surface area contributed by atoms with Crippen LogP contribution in [-0.4, -0.2) is 29.6 Å². The molecule has 0 radical (unpaired) electrons. The minimum absolute atomic E-state index is 0.473. The van der Waals surface area contributed by atoms with Crippen molar-refractivity contribution in [2.45, 2.75) is 76.9 Å². The Morgan fingerprint density at radius 2 is 1.75 bits per heavy atom. The first-order valence-corrected chi connectivity index (χ1v) is 7.18. The summed E-state index contributed by atoms with van der Waals surface area (Å²) >= 11 is 0. The number of hydrogen-bond acceptors (Lipinski definition) is 2. The highest BCUT2D eigenvalue weighted by Gasteiger charge is 2.33. The van der Waals surface area contributed by atoms with E-state index in [-0.39, 0.29) is 0 Å². The van der Waals surface area contributed by atoms with Crippen molar-refractivity contribution in [1.29, 1.82) is 0 Å². The van der Waals surface area contributed by atoms with E-state index in [0.29, 0.717) is 6.04 Å². The van der Waals surface area contributed by atoms with Crippen LogP contribution in [0.1, 0.15) is 58.8 Å². The summed E-state index contributed by atoms with van der Waals surface area (Å²) in [6, 6.07) is 2.14. The molecule has 2 rings (SSSR count). The van der Waals surface area contributed by atoms with Crippen LogP contribution in [0.15, 0.2) is 0 Å². The Balaban J connectivity index is 1.95. The Labute approximate surface area is 101 Å². The van der Waals surface area contributed by atoms with Gasteiger partial charge in [0.1, 0.15) is 0 Å². The fraction of sp³-hybridized carbons (Fsp3) is 1.00. The Bertz CT molecular complexity index is 209. The van der Waals surface area contributed by atoms with Crippen LogP contribution in [0.5, 0.6) is 0 Å². The van der Waals surface area contributed by atoms with E-state index in [1.54, 1.807) is 0 Å². The van der Waals surface area contributed by atoms with E-state index < -0.39 is 0 Å². The van der Waals surface area contributed by atoms with Gasteiger partial charge in [-0.25, -0.2) is 0 Å². The van der Waals surface area contributed by atoms with Crippen LogP contribution in [0.4, 0.5) is 0 Å². The summed E-state index contributed by atoms with van der Waals surface area (Å²) < 4.78 is 0. The van der Waals surface area contributed by atoms with E-state index in [1.807, 2.05) is 0 Å². The second-order valence-electron chi connectivity index (χ2n) is 6.26. The molecule has 0 spiro atoms. The zero-order valence-corrected chi connectivity index (χ0v) is 11.0. The van der Waals surface area contributed by atoms with Gasteiger partial charge in [-0.05, 0) is 38.0 Å². The van der Waals surface area contributed by atoms with Gasteiger partial charge in [-0.3, -0.25) is 4.90 Å². The lowest BCUT2D eigenvalue weighted by Gasteiger charge is -2.36. The standard InChI is InChI=1S/C14H28N2/c1-11(2)10-16(13-5-3-4-6-13)14-8-7-12(15)9-14/h11-14H,3-10,15H2,1-2H3. The predicted molar refractivity (Wildman–Crippen MR) is 69.4 cm³/mol. The quantitative estimate of drug-likeness (QED) is 0.795. The Kier molecular flexibility index (Phi) is 4.26. The molecular weight excluding hydrogens is 196 g/mol. The van der Waals surface area contributed by atoms with Crippen molar-refractivity contribution in [2.24, 2.45) is 11.7 Å². The van der Waals surface area contributed by atoms with E-state index in [1.165, 1.54) is 51.5 Å². The van der Waals surface area contributed by atoms with E-state index in [9.17, 15) is 0 Å². The van der Waals surface area contributed by atoms with Gasteiger partial charge < -0.3 is 5.73 Å². The fourth-order valence-corrected chi connectivity index (χ4v) is 3.55. The van der Waals surface area contributed by atoms with Gasteiger partial charge in [0.15, 0.2) is 0 Å². The topological polar surface area (TPSA) is 29.3 Å². The van der Waals surface area contributed by atoms with Crippen LogP contribution < -0.4 is 5.73 Å². The average Bonchev–Trinajstić information content (AvgIpc) is 2.84. The summed E-state index contributed by atoms with van der Waals surface area (Å²) in [7, 11) is 0. The third kappa shape index (κ3) is 2.98. The molecular formula is C14H28N2. The van der Waals surface area contributed by atoms with Gasteiger partial charge in [-0.1, -0.05) is 26.7 Å². The van der Waals surface area contributed by atoms with Crippen LogP contribution in [0.2, 0.25) is 0 Å². The Morgan fingerprint density at radius 1 is 1.06 bits per heavy atom. The normalized spacial score (nSPS) is 32.1. The molecule has 0 heterocycles. The number of nitrogens with two attached hydrogens (primary N) is 1. The minimum atomic E-state index is 0.473. The molecule has 0 aliphatic heterocycles. The first kappa shape index (κ1) is 12.4. The maximum absolute atomic E-state index is 6.07. The average molecular weight is 224 g/mol. The van der Waals surface area contributed by atoms with Gasteiger partial charge in [-0.15, -0.1) is 0 Å². The van der Waals surface area contributed by atoms with E-state index in [2.05, 4.69) is 18.7 Å². The Hall–Kier alpha value is -0.0800. The molecule has 2 atom stereocenters. The molecule has 2 heteroatoms.